The first kappa shape index (κ1) is 14.7. The Labute approximate surface area is 109 Å². The van der Waals surface area contributed by atoms with Crippen LogP contribution >= 0.6 is 11.3 Å². The number of aryl methyl sites for hydroxylation is 1. The molecule has 1 aromatic heterocycles. The van der Waals surface area contributed by atoms with Gasteiger partial charge in [0.2, 0.25) is 0 Å². The Morgan fingerprint density at radius 2 is 2.06 bits per heavy atom. The monoisotopic (exact) mass is 255 g/mol. The van der Waals surface area contributed by atoms with Crippen LogP contribution in [0.15, 0.2) is 11.4 Å². The van der Waals surface area contributed by atoms with Gasteiger partial charge in [0.15, 0.2) is 0 Å². The maximum atomic E-state index is 5.97. The fourth-order valence-corrected chi connectivity index (χ4v) is 2.89. The lowest BCUT2D eigenvalue weighted by Crippen LogP contribution is -2.40. The van der Waals surface area contributed by atoms with Crippen molar-refractivity contribution in [1.82, 2.24) is 5.32 Å². The van der Waals surface area contributed by atoms with Crippen molar-refractivity contribution in [1.29, 1.82) is 0 Å². The average molecular weight is 255 g/mol. The molecule has 0 fully saturated rings. The van der Waals surface area contributed by atoms with Crippen molar-refractivity contribution in [2.45, 2.75) is 46.8 Å². The minimum atomic E-state index is 0.125. The highest BCUT2D eigenvalue weighted by Gasteiger charge is 2.33. The van der Waals surface area contributed by atoms with E-state index in [2.05, 4.69) is 51.4 Å². The highest BCUT2D eigenvalue weighted by Crippen LogP contribution is 2.34. The minimum absolute atomic E-state index is 0.125. The first-order chi connectivity index (χ1) is 7.90. The molecule has 0 saturated heterocycles. The maximum Gasteiger partial charge on any atom is 0.0817 e. The Balaban J connectivity index is 2.97. The van der Waals surface area contributed by atoms with Crippen LogP contribution in [0.5, 0.6) is 0 Å². The summed E-state index contributed by atoms with van der Waals surface area (Å²) in [6.07, 6.45) is 0.187. The topological polar surface area (TPSA) is 21.3 Å². The zero-order valence-corrected chi connectivity index (χ0v) is 12.6. The molecule has 17 heavy (non-hydrogen) atoms. The molecule has 0 amide bonds. The normalized spacial score (nSPS) is 15.9. The van der Waals surface area contributed by atoms with Gasteiger partial charge < -0.3 is 10.1 Å². The third-order valence-electron chi connectivity index (χ3n) is 2.92. The number of hydrogen-bond acceptors (Lipinski definition) is 3. The molecule has 0 aromatic carbocycles. The second kappa shape index (κ2) is 5.98. The zero-order chi connectivity index (χ0) is 13.1. The van der Waals surface area contributed by atoms with Gasteiger partial charge in [-0.3, -0.25) is 0 Å². The summed E-state index contributed by atoms with van der Waals surface area (Å²) >= 11 is 1.80. The van der Waals surface area contributed by atoms with Gasteiger partial charge in [0.25, 0.3) is 0 Å². The summed E-state index contributed by atoms with van der Waals surface area (Å²) in [5, 5.41) is 5.64. The molecule has 1 rings (SSSR count). The maximum absolute atomic E-state index is 5.97. The van der Waals surface area contributed by atoms with Crippen molar-refractivity contribution in [3.05, 3.63) is 21.9 Å². The van der Waals surface area contributed by atoms with Gasteiger partial charge in [0.05, 0.1) is 12.1 Å². The molecule has 0 bridgehead atoms. The van der Waals surface area contributed by atoms with E-state index >= 15 is 0 Å². The molecule has 98 valence electrons. The highest BCUT2D eigenvalue weighted by molar-refractivity contribution is 7.10. The summed E-state index contributed by atoms with van der Waals surface area (Å²) in [5.74, 6) is 0. The van der Waals surface area contributed by atoms with E-state index in [0.717, 1.165) is 6.61 Å². The number of rotatable bonds is 5. The van der Waals surface area contributed by atoms with Crippen LogP contribution < -0.4 is 5.32 Å². The van der Waals surface area contributed by atoms with E-state index in [9.17, 15) is 0 Å². The van der Waals surface area contributed by atoms with Gasteiger partial charge in [0, 0.05) is 11.5 Å². The lowest BCUT2D eigenvalue weighted by atomic mass is 9.82. The first-order valence-electron chi connectivity index (χ1n) is 6.24. The summed E-state index contributed by atoms with van der Waals surface area (Å²) in [5.41, 5.74) is 1.46. The van der Waals surface area contributed by atoms with E-state index in [-0.39, 0.29) is 17.6 Å². The van der Waals surface area contributed by atoms with E-state index < -0.39 is 0 Å². The van der Waals surface area contributed by atoms with Crippen molar-refractivity contribution >= 4 is 11.3 Å². The van der Waals surface area contributed by atoms with E-state index in [1.54, 1.807) is 11.3 Å². The second-order valence-corrected chi connectivity index (χ2v) is 6.61. The SMILES string of the molecule is CCOC(C(NC)c1csc(C)c1)C(C)(C)C. The molecule has 0 saturated carbocycles. The van der Waals surface area contributed by atoms with Crippen LogP contribution in [0.4, 0.5) is 0 Å². The first-order valence-corrected chi connectivity index (χ1v) is 7.12. The number of ether oxygens (including phenoxy) is 1. The molecule has 2 nitrogen and oxygen atoms in total. The molecule has 0 aliphatic heterocycles. The van der Waals surface area contributed by atoms with E-state index in [1.807, 2.05) is 7.05 Å². The molecule has 3 heteroatoms. The van der Waals surface area contributed by atoms with Gasteiger partial charge in [-0.15, -0.1) is 11.3 Å². The van der Waals surface area contributed by atoms with Gasteiger partial charge in [-0.25, -0.2) is 0 Å². The van der Waals surface area contributed by atoms with E-state index in [4.69, 9.17) is 4.74 Å². The number of nitrogens with one attached hydrogen (secondary N) is 1. The largest absolute Gasteiger partial charge is 0.376 e. The predicted octanol–water partition coefficient (Wildman–Crippen LogP) is 3.77. The van der Waals surface area contributed by atoms with Crippen LogP contribution in [0.2, 0.25) is 0 Å². The molecule has 0 aliphatic carbocycles. The molecule has 1 aromatic rings. The minimum Gasteiger partial charge on any atom is -0.376 e. The molecule has 1 N–H and O–H groups in total. The van der Waals surface area contributed by atoms with Gasteiger partial charge in [-0.05, 0) is 43.3 Å². The van der Waals surface area contributed by atoms with Crippen molar-refractivity contribution in [2.24, 2.45) is 5.41 Å². The van der Waals surface area contributed by atoms with Crippen LogP contribution in [-0.4, -0.2) is 19.8 Å². The van der Waals surface area contributed by atoms with Crippen molar-refractivity contribution < 1.29 is 4.74 Å². The fourth-order valence-electron chi connectivity index (χ4n) is 2.15. The lowest BCUT2D eigenvalue weighted by molar-refractivity contribution is -0.0350. The van der Waals surface area contributed by atoms with Crippen LogP contribution in [0.25, 0.3) is 0 Å². The Morgan fingerprint density at radius 3 is 2.41 bits per heavy atom. The summed E-state index contributed by atoms with van der Waals surface area (Å²) in [7, 11) is 2.01. The summed E-state index contributed by atoms with van der Waals surface area (Å²) in [4.78, 5) is 1.35. The number of hydrogen-bond donors (Lipinski definition) is 1. The predicted molar refractivity (Wildman–Crippen MR) is 75.7 cm³/mol. The van der Waals surface area contributed by atoms with Gasteiger partial charge in [-0.1, -0.05) is 20.8 Å². The third kappa shape index (κ3) is 3.80. The molecule has 1 heterocycles. The molecule has 2 unspecified atom stereocenters. The van der Waals surface area contributed by atoms with Crippen LogP contribution in [0.1, 0.15) is 44.2 Å². The van der Waals surface area contributed by atoms with Crippen LogP contribution in [-0.2, 0) is 4.74 Å². The fraction of sp³-hybridized carbons (Fsp3) is 0.714. The molecule has 0 radical (unpaired) electrons. The molecule has 0 aliphatic rings. The lowest BCUT2D eigenvalue weighted by Gasteiger charge is -2.36. The van der Waals surface area contributed by atoms with Gasteiger partial charge in [0.1, 0.15) is 0 Å². The molecular formula is C14H25NOS. The number of thiophene rings is 1. The highest BCUT2D eigenvalue weighted by atomic mass is 32.1. The van der Waals surface area contributed by atoms with Crippen molar-refractivity contribution in [3.63, 3.8) is 0 Å². The molecule has 0 spiro atoms. The Bertz CT molecular complexity index is 340. The average Bonchev–Trinajstić information content (AvgIpc) is 2.63. The Morgan fingerprint density at radius 1 is 1.41 bits per heavy atom. The Hall–Kier alpha value is -0.380. The smallest absolute Gasteiger partial charge is 0.0817 e. The summed E-state index contributed by atoms with van der Waals surface area (Å²) in [6.45, 7) is 11.7. The molecule has 2 atom stereocenters. The van der Waals surface area contributed by atoms with Gasteiger partial charge in [-0.2, -0.15) is 0 Å². The summed E-state index contributed by atoms with van der Waals surface area (Å²) in [6, 6.07) is 2.52. The van der Waals surface area contributed by atoms with Crippen LogP contribution in [0.3, 0.4) is 0 Å². The standard InChI is InChI=1S/C14H25NOS/c1-7-16-13(14(3,4)5)12(15-6)11-8-10(2)17-9-11/h8-9,12-13,15H,7H2,1-6H3. The summed E-state index contributed by atoms with van der Waals surface area (Å²) < 4.78 is 5.97. The van der Waals surface area contributed by atoms with E-state index in [1.165, 1.54) is 10.4 Å². The van der Waals surface area contributed by atoms with Crippen LogP contribution in [0, 0.1) is 12.3 Å². The number of likely N-dealkylation sites (N-methyl/N-ethyl adjacent to an activating group) is 1. The zero-order valence-electron chi connectivity index (χ0n) is 11.8. The second-order valence-electron chi connectivity index (χ2n) is 5.50. The molecular weight excluding hydrogens is 230 g/mol. The van der Waals surface area contributed by atoms with Gasteiger partial charge >= 0.3 is 0 Å². The quantitative estimate of drug-likeness (QED) is 0.865. The van der Waals surface area contributed by atoms with Crippen molar-refractivity contribution in [3.8, 4) is 0 Å². The Kier molecular flexibility index (Phi) is 5.17. The van der Waals surface area contributed by atoms with Crippen molar-refractivity contribution in [2.75, 3.05) is 13.7 Å². The third-order valence-corrected chi connectivity index (χ3v) is 3.80. The van der Waals surface area contributed by atoms with E-state index in [0.29, 0.717) is 0 Å².